The highest BCUT2D eigenvalue weighted by Gasteiger charge is 2.31. The van der Waals surface area contributed by atoms with Crippen molar-refractivity contribution in [1.82, 2.24) is 5.32 Å². The fourth-order valence-corrected chi connectivity index (χ4v) is 2.19. The molecule has 1 fully saturated rings. The van der Waals surface area contributed by atoms with Gasteiger partial charge >= 0.3 is 5.97 Å². The van der Waals surface area contributed by atoms with Gasteiger partial charge in [-0.2, -0.15) is 0 Å². The molecule has 0 bridgehead atoms. The second kappa shape index (κ2) is 8.51. The number of carboxylic acid groups (broad SMARTS) is 1. The van der Waals surface area contributed by atoms with Crippen molar-refractivity contribution < 1.29 is 19.4 Å². The summed E-state index contributed by atoms with van der Waals surface area (Å²) < 4.78 is 11.0. The number of ether oxygens (including phenoxy) is 2. The lowest BCUT2D eigenvalue weighted by Crippen LogP contribution is -2.49. The molecule has 1 rings (SSSR count). The first-order valence-electron chi connectivity index (χ1n) is 7.26. The topological polar surface area (TPSA) is 67.8 Å². The maximum atomic E-state index is 11.3. The molecular formula is C14H27NO4. The minimum atomic E-state index is -0.844. The summed E-state index contributed by atoms with van der Waals surface area (Å²) in [5.74, 6) is -0.792. The van der Waals surface area contributed by atoms with Crippen LogP contribution in [-0.2, 0) is 14.3 Å². The summed E-state index contributed by atoms with van der Waals surface area (Å²) in [5, 5.41) is 12.4. The van der Waals surface area contributed by atoms with Crippen LogP contribution < -0.4 is 5.32 Å². The van der Waals surface area contributed by atoms with Gasteiger partial charge in [-0.1, -0.05) is 6.92 Å². The van der Waals surface area contributed by atoms with Gasteiger partial charge < -0.3 is 19.9 Å². The summed E-state index contributed by atoms with van der Waals surface area (Å²) in [4.78, 5) is 11.3. The summed E-state index contributed by atoms with van der Waals surface area (Å²) in [5.41, 5.74) is -0.844. The summed E-state index contributed by atoms with van der Waals surface area (Å²) in [6.07, 6.45) is 4.68. The molecule has 1 heterocycles. The fraction of sp³-hybridized carbons (Fsp3) is 0.929. The first kappa shape index (κ1) is 16.4. The van der Waals surface area contributed by atoms with Crippen LogP contribution in [0.2, 0.25) is 0 Å². The van der Waals surface area contributed by atoms with Crippen LogP contribution in [0.25, 0.3) is 0 Å². The van der Waals surface area contributed by atoms with Gasteiger partial charge in [-0.3, -0.25) is 4.79 Å². The first-order valence-corrected chi connectivity index (χ1v) is 7.26. The molecule has 1 aliphatic heterocycles. The molecule has 2 atom stereocenters. The van der Waals surface area contributed by atoms with E-state index in [-0.39, 0.29) is 6.10 Å². The maximum absolute atomic E-state index is 11.3. The van der Waals surface area contributed by atoms with Crippen molar-refractivity contribution in [3.63, 3.8) is 0 Å². The molecule has 2 unspecified atom stereocenters. The van der Waals surface area contributed by atoms with Crippen LogP contribution in [0.5, 0.6) is 0 Å². The standard InChI is InChI=1S/C14H27NO4/c1-3-8-15-14(2,13(16)17)7-5-9-18-11-12-6-4-10-19-12/h12,15H,3-11H2,1-2H3,(H,16,17). The largest absolute Gasteiger partial charge is 0.480 e. The molecule has 0 aromatic rings. The number of carboxylic acids is 1. The number of hydrogen-bond donors (Lipinski definition) is 2. The Bertz CT molecular complexity index is 266. The van der Waals surface area contributed by atoms with Crippen LogP contribution in [0.15, 0.2) is 0 Å². The van der Waals surface area contributed by atoms with E-state index in [1.165, 1.54) is 0 Å². The van der Waals surface area contributed by atoms with Crippen molar-refractivity contribution in [2.75, 3.05) is 26.4 Å². The third kappa shape index (κ3) is 5.89. The predicted molar refractivity (Wildman–Crippen MR) is 73.4 cm³/mol. The fourth-order valence-electron chi connectivity index (χ4n) is 2.19. The molecule has 0 spiro atoms. The van der Waals surface area contributed by atoms with E-state index < -0.39 is 11.5 Å². The average molecular weight is 273 g/mol. The monoisotopic (exact) mass is 273 g/mol. The van der Waals surface area contributed by atoms with Gasteiger partial charge in [0.15, 0.2) is 0 Å². The second-order valence-electron chi connectivity index (χ2n) is 5.38. The predicted octanol–water partition coefficient (Wildman–Crippen LogP) is 1.81. The van der Waals surface area contributed by atoms with E-state index in [2.05, 4.69) is 5.32 Å². The third-order valence-electron chi connectivity index (χ3n) is 3.53. The highest BCUT2D eigenvalue weighted by atomic mass is 16.5. The molecule has 112 valence electrons. The molecule has 2 N–H and O–H groups in total. The van der Waals surface area contributed by atoms with Crippen LogP contribution in [0, 0.1) is 0 Å². The molecule has 19 heavy (non-hydrogen) atoms. The minimum Gasteiger partial charge on any atom is -0.480 e. The lowest BCUT2D eigenvalue weighted by atomic mass is 9.96. The molecule has 1 saturated heterocycles. The Labute approximate surface area is 115 Å². The molecule has 1 aliphatic rings. The maximum Gasteiger partial charge on any atom is 0.323 e. The number of nitrogens with one attached hydrogen (secondary N) is 1. The summed E-state index contributed by atoms with van der Waals surface area (Å²) in [6, 6.07) is 0. The summed E-state index contributed by atoms with van der Waals surface area (Å²) in [6.45, 7) is 6.55. The Morgan fingerprint density at radius 3 is 2.95 bits per heavy atom. The lowest BCUT2D eigenvalue weighted by molar-refractivity contribution is -0.144. The van der Waals surface area contributed by atoms with Gasteiger partial charge in [-0.25, -0.2) is 0 Å². The van der Waals surface area contributed by atoms with Crippen LogP contribution in [0.4, 0.5) is 0 Å². The van der Waals surface area contributed by atoms with Gasteiger partial charge in [0.1, 0.15) is 5.54 Å². The summed E-state index contributed by atoms with van der Waals surface area (Å²) >= 11 is 0. The molecule has 5 heteroatoms. The van der Waals surface area contributed by atoms with E-state index in [1.807, 2.05) is 6.92 Å². The van der Waals surface area contributed by atoms with Gasteiger partial charge in [-0.15, -0.1) is 0 Å². The smallest absolute Gasteiger partial charge is 0.323 e. The molecule has 0 aliphatic carbocycles. The lowest BCUT2D eigenvalue weighted by Gasteiger charge is -2.26. The van der Waals surface area contributed by atoms with Gasteiger partial charge in [0.05, 0.1) is 12.7 Å². The van der Waals surface area contributed by atoms with Gasteiger partial charge in [0.25, 0.3) is 0 Å². The molecule has 0 saturated carbocycles. The van der Waals surface area contributed by atoms with E-state index >= 15 is 0 Å². The normalized spacial score (nSPS) is 22.3. The molecule has 0 radical (unpaired) electrons. The van der Waals surface area contributed by atoms with Crippen molar-refractivity contribution in [1.29, 1.82) is 0 Å². The van der Waals surface area contributed by atoms with Gasteiger partial charge in [-0.05, 0) is 45.6 Å². The van der Waals surface area contributed by atoms with Crippen molar-refractivity contribution in [3.05, 3.63) is 0 Å². The average Bonchev–Trinajstić information content (AvgIpc) is 2.89. The second-order valence-corrected chi connectivity index (χ2v) is 5.38. The van der Waals surface area contributed by atoms with E-state index in [4.69, 9.17) is 9.47 Å². The SMILES string of the molecule is CCCNC(C)(CCCOCC1CCCO1)C(=O)O. The van der Waals surface area contributed by atoms with E-state index in [0.29, 0.717) is 19.6 Å². The van der Waals surface area contributed by atoms with Gasteiger partial charge in [0, 0.05) is 13.2 Å². The van der Waals surface area contributed by atoms with E-state index in [1.54, 1.807) is 6.92 Å². The number of rotatable bonds is 10. The van der Waals surface area contributed by atoms with Crippen LogP contribution in [-0.4, -0.2) is 49.1 Å². The highest BCUT2D eigenvalue weighted by molar-refractivity contribution is 5.78. The first-order chi connectivity index (χ1) is 9.08. The zero-order chi connectivity index (χ0) is 14.1. The molecule has 0 aromatic heterocycles. The zero-order valence-corrected chi connectivity index (χ0v) is 12.1. The summed E-state index contributed by atoms with van der Waals surface area (Å²) in [7, 11) is 0. The van der Waals surface area contributed by atoms with Crippen molar-refractivity contribution in [3.8, 4) is 0 Å². The Morgan fingerprint density at radius 2 is 2.37 bits per heavy atom. The van der Waals surface area contributed by atoms with Crippen LogP contribution in [0.3, 0.4) is 0 Å². The van der Waals surface area contributed by atoms with Crippen molar-refractivity contribution >= 4 is 5.97 Å². The number of aliphatic carboxylic acids is 1. The minimum absolute atomic E-state index is 0.240. The quantitative estimate of drug-likeness (QED) is 0.594. The van der Waals surface area contributed by atoms with Gasteiger partial charge in [0.2, 0.25) is 0 Å². The number of hydrogen-bond acceptors (Lipinski definition) is 4. The Kier molecular flexibility index (Phi) is 7.34. The van der Waals surface area contributed by atoms with E-state index in [9.17, 15) is 9.90 Å². The zero-order valence-electron chi connectivity index (χ0n) is 12.1. The Balaban J connectivity index is 2.15. The Morgan fingerprint density at radius 1 is 1.58 bits per heavy atom. The number of carbonyl (C=O) groups is 1. The molecule has 0 aromatic carbocycles. The van der Waals surface area contributed by atoms with Crippen LogP contribution in [0.1, 0.15) is 46.0 Å². The molecular weight excluding hydrogens is 246 g/mol. The molecule has 5 nitrogen and oxygen atoms in total. The van der Waals surface area contributed by atoms with Crippen LogP contribution >= 0.6 is 0 Å². The van der Waals surface area contributed by atoms with Crippen molar-refractivity contribution in [2.45, 2.75) is 57.6 Å². The Hall–Kier alpha value is -0.650. The molecule has 0 amide bonds. The van der Waals surface area contributed by atoms with Crippen molar-refractivity contribution in [2.24, 2.45) is 0 Å². The van der Waals surface area contributed by atoms with E-state index in [0.717, 1.165) is 38.8 Å². The third-order valence-corrected chi connectivity index (χ3v) is 3.53. The highest BCUT2D eigenvalue weighted by Crippen LogP contribution is 2.15.